The van der Waals surface area contributed by atoms with E-state index < -0.39 is 0 Å². The highest BCUT2D eigenvalue weighted by molar-refractivity contribution is 7.80. The van der Waals surface area contributed by atoms with Crippen LogP contribution in [0.5, 0.6) is 0 Å². The van der Waals surface area contributed by atoms with E-state index in [0.717, 1.165) is 0 Å². The van der Waals surface area contributed by atoms with Gasteiger partial charge in [-0.3, -0.25) is 0 Å². The van der Waals surface area contributed by atoms with Gasteiger partial charge in [0.2, 0.25) is 0 Å². The van der Waals surface area contributed by atoms with Crippen LogP contribution in [0.1, 0.15) is 39.0 Å². The summed E-state index contributed by atoms with van der Waals surface area (Å²) in [5, 5.41) is 12.9. The molecule has 4 heteroatoms. The lowest BCUT2D eigenvalue weighted by atomic mass is 9.82. The maximum atomic E-state index is 9.64. The number of hydrogen-bond acceptors (Lipinski definition) is 2. The lowest BCUT2D eigenvalue weighted by Crippen LogP contribution is -2.49. The summed E-state index contributed by atoms with van der Waals surface area (Å²) < 4.78 is 0. The minimum Gasteiger partial charge on any atom is -0.391 e. The van der Waals surface area contributed by atoms with Gasteiger partial charge in [0.1, 0.15) is 0 Å². The van der Waals surface area contributed by atoms with Crippen molar-refractivity contribution in [3.8, 4) is 0 Å². The number of nitrogens with two attached hydrogens (primary N) is 1. The summed E-state index contributed by atoms with van der Waals surface area (Å²) in [4.78, 5) is 0. The minimum atomic E-state index is -0.389. The summed E-state index contributed by atoms with van der Waals surface area (Å²) in [5.41, 5.74) is 5.45. The number of aliphatic hydroxyl groups excluding tert-OH is 1. The van der Waals surface area contributed by atoms with Crippen molar-refractivity contribution in [1.82, 2.24) is 5.32 Å². The molecule has 0 aromatic heterocycles. The Bertz CT molecular complexity index is 191. The van der Waals surface area contributed by atoms with Gasteiger partial charge in [-0.1, -0.05) is 19.3 Å². The van der Waals surface area contributed by atoms with Crippen LogP contribution in [-0.2, 0) is 0 Å². The standard InChI is InChI=1S/C10H20N2OS/c1-7(13)9(12-10(11)14)8-5-3-2-4-6-8/h7-9,13H,2-6H2,1H3,(H3,11,12,14)/t7?,9-/m0/s1. The second kappa shape index (κ2) is 5.51. The van der Waals surface area contributed by atoms with Crippen molar-refractivity contribution in [2.75, 3.05) is 0 Å². The van der Waals surface area contributed by atoms with Crippen LogP contribution in [0.15, 0.2) is 0 Å². The molecule has 3 nitrogen and oxygen atoms in total. The van der Waals surface area contributed by atoms with Crippen LogP contribution in [0.4, 0.5) is 0 Å². The second-order valence-electron chi connectivity index (χ2n) is 4.17. The van der Waals surface area contributed by atoms with E-state index in [1.807, 2.05) is 0 Å². The molecule has 0 radical (unpaired) electrons. The third-order valence-electron chi connectivity index (χ3n) is 2.99. The predicted octanol–water partition coefficient (Wildman–Crippen LogP) is 1.15. The predicted molar refractivity (Wildman–Crippen MR) is 62.0 cm³/mol. The molecule has 82 valence electrons. The summed E-state index contributed by atoms with van der Waals surface area (Å²) in [6.07, 6.45) is 5.78. The largest absolute Gasteiger partial charge is 0.391 e. The van der Waals surface area contributed by atoms with Gasteiger partial charge in [0, 0.05) is 0 Å². The lowest BCUT2D eigenvalue weighted by molar-refractivity contribution is 0.109. The molecule has 1 aliphatic carbocycles. The Balaban J connectivity index is 2.51. The highest BCUT2D eigenvalue weighted by atomic mass is 32.1. The first-order chi connectivity index (χ1) is 6.61. The van der Waals surface area contributed by atoms with Gasteiger partial charge in [-0.2, -0.15) is 0 Å². The van der Waals surface area contributed by atoms with Crippen molar-refractivity contribution >= 4 is 17.3 Å². The van der Waals surface area contributed by atoms with Gasteiger partial charge >= 0.3 is 0 Å². The first-order valence-electron chi connectivity index (χ1n) is 5.35. The zero-order chi connectivity index (χ0) is 10.6. The maximum absolute atomic E-state index is 9.64. The molecule has 0 aromatic carbocycles. The quantitative estimate of drug-likeness (QED) is 0.619. The summed E-state index contributed by atoms with van der Waals surface area (Å²) in [6.45, 7) is 1.80. The average Bonchev–Trinajstić information content (AvgIpc) is 2.15. The molecule has 0 spiro atoms. The van der Waals surface area contributed by atoms with Crippen LogP contribution >= 0.6 is 12.2 Å². The van der Waals surface area contributed by atoms with E-state index in [9.17, 15) is 5.11 Å². The number of nitrogens with one attached hydrogen (secondary N) is 1. The molecule has 14 heavy (non-hydrogen) atoms. The van der Waals surface area contributed by atoms with Gasteiger partial charge in [-0.15, -0.1) is 0 Å². The zero-order valence-corrected chi connectivity index (χ0v) is 9.52. The average molecular weight is 216 g/mol. The topological polar surface area (TPSA) is 58.3 Å². The molecule has 0 bridgehead atoms. The SMILES string of the molecule is CC(O)[C@H](NC(N)=S)C1CCCCC1. The molecule has 0 amide bonds. The van der Waals surface area contributed by atoms with E-state index in [1.165, 1.54) is 32.1 Å². The van der Waals surface area contributed by atoms with Crippen LogP contribution < -0.4 is 11.1 Å². The third kappa shape index (κ3) is 3.42. The number of aliphatic hydroxyl groups is 1. The molecule has 1 rings (SSSR count). The first kappa shape index (κ1) is 11.7. The molecular weight excluding hydrogens is 196 g/mol. The van der Waals surface area contributed by atoms with Gasteiger partial charge < -0.3 is 16.2 Å². The zero-order valence-electron chi connectivity index (χ0n) is 8.70. The van der Waals surface area contributed by atoms with Gasteiger partial charge in [-0.25, -0.2) is 0 Å². The van der Waals surface area contributed by atoms with E-state index in [2.05, 4.69) is 5.32 Å². The molecule has 1 unspecified atom stereocenters. The van der Waals surface area contributed by atoms with Crippen LogP contribution in [0.2, 0.25) is 0 Å². The summed E-state index contributed by atoms with van der Waals surface area (Å²) in [7, 11) is 0. The summed E-state index contributed by atoms with van der Waals surface area (Å²) >= 11 is 4.82. The molecular formula is C10H20N2OS. The fourth-order valence-electron chi connectivity index (χ4n) is 2.29. The molecule has 0 saturated heterocycles. The van der Waals surface area contributed by atoms with Gasteiger partial charge in [0.15, 0.2) is 5.11 Å². The van der Waals surface area contributed by atoms with Crippen LogP contribution in [0.25, 0.3) is 0 Å². The van der Waals surface area contributed by atoms with Crippen molar-refractivity contribution in [3.05, 3.63) is 0 Å². The summed E-state index contributed by atoms with van der Waals surface area (Å²) in [5.74, 6) is 0.519. The van der Waals surface area contributed by atoms with Gasteiger partial charge in [0.05, 0.1) is 12.1 Å². The Morgan fingerprint density at radius 1 is 1.43 bits per heavy atom. The molecule has 1 saturated carbocycles. The molecule has 0 aliphatic heterocycles. The Hall–Kier alpha value is -0.350. The van der Waals surface area contributed by atoms with Crippen molar-refractivity contribution in [1.29, 1.82) is 0 Å². The highest BCUT2D eigenvalue weighted by Gasteiger charge is 2.27. The fraction of sp³-hybridized carbons (Fsp3) is 0.900. The molecule has 0 aromatic rings. The number of thiocarbonyl (C=S) groups is 1. The van der Waals surface area contributed by atoms with Crippen molar-refractivity contribution in [2.45, 2.75) is 51.2 Å². The monoisotopic (exact) mass is 216 g/mol. The lowest BCUT2D eigenvalue weighted by Gasteiger charge is -2.32. The second-order valence-corrected chi connectivity index (χ2v) is 4.61. The number of rotatable bonds is 3. The van der Waals surface area contributed by atoms with E-state index in [4.69, 9.17) is 18.0 Å². The van der Waals surface area contributed by atoms with Crippen molar-refractivity contribution in [3.63, 3.8) is 0 Å². The Morgan fingerprint density at radius 2 is 2.00 bits per heavy atom. The van der Waals surface area contributed by atoms with Gasteiger partial charge in [0.25, 0.3) is 0 Å². The molecule has 1 fully saturated rings. The molecule has 4 N–H and O–H groups in total. The normalized spacial score (nSPS) is 22.7. The Kier molecular flexibility index (Phi) is 4.62. The first-order valence-corrected chi connectivity index (χ1v) is 5.76. The summed E-state index contributed by atoms with van der Waals surface area (Å²) in [6, 6.07) is 0.0350. The van der Waals surface area contributed by atoms with Crippen LogP contribution in [-0.4, -0.2) is 22.4 Å². The van der Waals surface area contributed by atoms with E-state index >= 15 is 0 Å². The Morgan fingerprint density at radius 3 is 2.43 bits per heavy atom. The van der Waals surface area contributed by atoms with E-state index in [0.29, 0.717) is 11.0 Å². The van der Waals surface area contributed by atoms with Crippen molar-refractivity contribution < 1.29 is 5.11 Å². The van der Waals surface area contributed by atoms with Crippen molar-refractivity contribution in [2.24, 2.45) is 11.7 Å². The smallest absolute Gasteiger partial charge is 0.163 e. The third-order valence-corrected chi connectivity index (χ3v) is 3.10. The van der Waals surface area contributed by atoms with E-state index in [1.54, 1.807) is 6.92 Å². The van der Waals surface area contributed by atoms with Gasteiger partial charge in [-0.05, 0) is 37.9 Å². The Labute approximate surface area is 91.1 Å². The molecule has 0 heterocycles. The number of hydrogen-bond donors (Lipinski definition) is 3. The molecule has 2 atom stereocenters. The van der Waals surface area contributed by atoms with E-state index in [-0.39, 0.29) is 12.1 Å². The maximum Gasteiger partial charge on any atom is 0.163 e. The van der Waals surface area contributed by atoms with Crippen LogP contribution in [0.3, 0.4) is 0 Å². The molecule has 1 aliphatic rings. The fourth-order valence-corrected chi connectivity index (χ4v) is 2.43. The van der Waals surface area contributed by atoms with Crippen LogP contribution in [0, 0.1) is 5.92 Å². The highest BCUT2D eigenvalue weighted by Crippen LogP contribution is 2.27. The minimum absolute atomic E-state index is 0.0350.